The average Bonchev–Trinajstić information content (AvgIpc) is 2.96. The van der Waals surface area contributed by atoms with Crippen molar-refractivity contribution >= 4 is 5.97 Å². The maximum Gasteiger partial charge on any atom is 0.338 e. The number of aryl methyl sites for hydroxylation is 1. The van der Waals surface area contributed by atoms with Gasteiger partial charge in [-0.25, -0.2) is 14.8 Å². The highest BCUT2D eigenvalue weighted by Gasteiger charge is 2.09. The van der Waals surface area contributed by atoms with Crippen molar-refractivity contribution in [1.29, 1.82) is 0 Å². The number of rotatable bonds is 17. The molecule has 0 fully saturated rings. The minimum absolute atomic E-state index is 0.196. The molecule has 0 aliphatic carbocycles. The quantitative estimate of drug-likeness (QED) is 0.133. The van der Waals surface area contributed by atoms with Gasteiger partial charge >= 0.3 is 5.97 Å². The van der Waals surface area contributed by atoms with Gasteiger partial charge in [-0.05, 0) is 55.0 Å². The van der Waals surface area contributed by atoms with Crippen molar-refractivity contribution < 1.29 is 14.3 Å². The van der Waals surface area contributed by atoms with Gasteiger partial charge < -0.3 is 9.47 Å². The Hall–Kier alpha value is -3.05. The summed E-state index contributed by atoms with van der Waals surface area (Å²) in [5, 5.41) is 0. The van der Waals surface area contributed by atoms with Crippen LogP contribution in [0.4, 0.5) is 0 Å². The molecule has 1 heterocycles. The third kappa shape index (κ3) is 10.0. The molecule has 0 aliphatic rings. The highest BCUT2D eigenvalue weighted by molar-refractivity contribution is 5.90. The molecule has 2 aromatic carbocycles. The molecule has 0 amide bonds. The van der Waals surface area contributed by atoms with Gasteiger partial charge in [0.25, 0.3) is 0 Å². The third-order valence-electron chi connectivity index (χ3n) is 6.80. The Morgan fingerprint density at radius 2 is 1.32 bits per heavy atom. The lowest BCUT2D eigenvalue weighted by Gasteiger charge is -2.13. The Kier molecular flexibility index (Phi) is 13.0. The van der Waals surface area contributed by atoms with E-state index in [2.05, 4.69) is 42.9 Å². The molecule has 3 rings (SSSR count). The molecule has 1 unspecified atom stereocenters. The van der Waals surface area contributed by atoms with E-state index >= 15 is 0 Å². The fourth-order valence-electron chi connectivity index (χ4n) is 4.41. The van der Waals surface area contributed by atoms with Crippen LogP contribution in [0.1, 0.15) is 94.5 Å². The van der Waals surface area contributed by atoms with Crippen LogP contribution in [0.5, 0.6) is 0 Å². The molecule has 5 nitrogen and oxygen atoms in total. The maximum atomic E-state index is 12.4. The molecule has 3 aromatic rings. The molecule has 0 spiro atoms. The molecule has 0 saturated carbocycles. The molecule has 1 aromatic heterocycles. The van der Waals surface area contributed by atoms with E-state index in [1.165, 1.54) is 56.9 Å². The van der Waals surface area contributed by atoms with Crippen LogP contribution < -0.4 is 0 Å². The number of hydrogen-bond acceptors (Lipinski definition) is 5. The van der Waals surface area contributed by atoms with Crippen molar-refractivity contribution in [3.8, 4) is 22.5 Å². The minimum Gasteiger partial charge on any atom is -0.460 e. The van der Waals surface area contributed by atoms with E-state index < -0.39 is 0 Å². The summed E-state index contributed by atoms with van der Waals surface area (Å²) < 4.78 is 11.1. The minimum atomic E-state index is -0.323. The van der Waals surface area contributed by atoms with Crippen LogP contribution in [0.3, 0.4) is 0 Å². The second-order valence-corrected chi connectivity index (χ2v) is 10.0. The molecule has 204 valence electrons. The Balaban J connectivity index is 1.45. The third-order valence-corrected chi connectivity index (χ3v) is 6.80. The summed E-state index contributed by atoms with van der Waals surface area (Å²) in [7, 11) is 0. The number of ether oxygens (including phenoxy) is 2. The molecule has 0 aliphatic heterocycles. The zero-order valence-electron chi connectivity index (χ0n) is 23.5. The van der Waals surface area contributed by atoms with E-state index in [0.29, 0.717) is 12.2 Å². The average molecular weight is 517 g/mol. The predicted molar refractivity (Wildman–Crippen MR) is 155 cm³/mol. The van der Waals surface area contributed by atoms with Crippen LogP contribution in [0.2, 0.25) is 0 Å². The van der Waals surface area contributed by atoms with Gasteiger partial charge in [0.1, 0.15) is 6.61 Å². The number of carbonyl (C=O) groups excluding carboxylic acids is 1. The van der Waals surface area contributed by atoms with Gasteiger partial charge in [0.2, 0.25) is 0 Å². The Bertz CT molecular complexity index is 1060. The number of aromatic nitrogens is 2. The van der Waals surface area contributed by atoms with E-state index in [0.717, 1.165) is 35.4 Å². The molecule has 0 radical (unpaired) electrons. The summed E-state index contributed by atoms with van der Waals surface area (Å²) in [6, 6.07) is 15.7. The summed E-state index contributed by atoms with van der Waals surface area (Å²) in [5.74, 6) is 0.416. The number of nitrogens with zero attached hydrogens (tertiary/aromatic N) is 2. The molecule has 0 N–H and O–H groups in total. The van der Waals surface area contributed by atoms with Crippen molar-refractivity contribution in [3.05, 3.63) is 72.1 Å². The zero-order chi connectivity index (χ0) is 27.0. The van der Waals surface area contributed by atoms with Crippen molar-refractivity contribution in [1.82, 2.24) is 9.97 Å². The van der Waals surface area contributed by atoms with Gasteiger partial charge in [-0.1, -0.05) is 95.2 Å². The van der Waals surface area contributed by atoms with Gasteiger partial charge in [0, 0.05) is 18.0 Å². The summed E-state index contributed by atoms with van der Waals surface area (Å²) in [6.07, 6.45) is 16.2. The number of benzene rings is 2. The zero-order valence-corrected chi connectivity index (χ0v) is 23.5. The lowest BCUT2D eigenvalue weighted by Crippen LogP contribution is -2.15. The summed E-state index contributed by atoms with van der Waals surface area (Å²) in [5.41, 5.74) is 4.84. The van der Waals surface area contributed by atoms with E-state index in [9.17, 15) is 4.79 Å². The Labute approximate surface area is 229 Å². The lowest BCUT2D eigenvalue weighted by atomic mass is 10.0. The van der Waals surface area contributed by atoms with Crippen LogP contribution >= 0.6 is 0 Å². The van der Waals surface area contributed by atoms with Crippen molar-refractivity contribution in [2.45, 2.75) is 91.1 Å². The standard InChI is InChI=1S/C33H44N2O3/c1-4-6-8-9-11-13-27-24-34-32(35-25-27)30-18-14-28(15-19-30)29-16-20-31(21-17-29)33(36)38-23-22-37-26(3)12-10-7-5-2/h14-21,24-26H,4-13,22-23H2,1-3H3. The van der Waals surface area contributed by atoms with Crippen molar-refractivity contribution in [3.63, 3.8) is 0 Å². The molecular weight excluding hydrogens is 472 g/mol. The fraction of sp³-hybridized carbons (Fsp3) is 0.485. The Morgan fingerprint density at radius 3 is 1.97 bits per heavy atom. The topological polar surface area (TPSA) is 61.3 Å². The Morgan fingerprint density at radius 1 is 0.737 bits per heavy atom. The molecule has 0 saturated heterocycles. The van der Waals surface area contributed by atoms with Crippen LogP contribution in [0.25, 0.3) is 22.5 Å². The van der Waals surface area contributed by atoms with Gasteiger partial charge in [-0.3, -0.25) is 0 Å². The largest absolute Gasteiger partial charge is 0.460 e. The molecule has 5 heteroatoms. The maximum absolute atomic E-state index is 12.4. The first kappa shape index (κ1) is 29.5. The smallest absolute Gasteiger partial charge is 0.338 e. The highest BCUT2D eigenvalue weighted by Crippen LogP contribution is 2.24. The van der Waals surface area contributed by atoms with Crippen LogP contribution in [-0.4, -0.2) is 35.3 Å². The monoisotopic (exact) mass is 516 g/mol. The number of hydrogen-bond donors (Lipinski definition) is 0. The van der Waals surface area contributed by atoms with E-state index in [4.69, 9.17) is 9.47 Å². The fourth-order valence-corrected chi connectivity index (χ4v) is 4.41. The van der Waals surface area contributed by atoms with Crippen LogP contribution in [0, 0.1) is 0 Å². The van der Waals surface area contributed by atoms with Crippen LogP contribution in [-0.2, 0) is 15.9 Å². The lowest BCUT2D eigenvalue weighted by molar-refractivity contribution is 0.0100. The number of esters is 1. The summed E-state index contributed by atoms with van der Waals surface area (Å²) in [6.45, 7) is 7.20. The van der Waals surface area contributed by atoms with Gasteiger partial charge in [0.15, 0.2) is 5.82 Å². The molecule has 0 bridgehead atoms. The van der Waals surface area contributed by atoms with Gasteiger partial charge in [-0.2, -0.15) is 0 Å². The first-order valence-electron chi connectivity index (χ1n) is 14.4. The SMILES string of the molecule is CCCCCCCc1cnc(-c2ccc(-c3ccc(C(=O)OCCOC(C)CCCCC)cc3)cc2)nc1. The van der Waals surface area contributed by atoms with E-state index in [1.807, 2.05) is 48.8 Å². The molecular formula is C33H44N2O3. The number of carbonyl (C=O) groups is 1. The molecule has 38 heavy (non-hydrogen) atoms. The van der Waals surface area contributed by atoms with Crippen LogP contribution in [0.15, 0.2) is 60.9 Å². The van der Waals surface area contributed by atoms with E-state index in [1.54, 1.807) is 0 Å². The van der Waals surface area contributed by atoms with Gasteiger partial charge in [-0.15, -0.1) is 0 Å². The first-order chi connectivity index (χ1) is 18.6. The van der Waals surface area contributed by atoms with E-state index in [-0.39, 0.29) is 18.7 Å². The summed E-state index contributed by atoms with van der Waals surface area (Å²) in [4.78, 5) is 21.5. The normalized spacial score (nSPS) is 11.9. The molecule has 1 atom stereocenters. The van der Waals surface area contributed by atoms with Crippen molar-refractivity contribution in [2.24, 2.45) is 0 Å². The highest BCUT2D eigenvalue weighted by atomic mass is 16.6. The van der Waals surface area contributed by atoms with Crippen molar-refractivity contribution in [2.75, 3.05) is 13.2 Å². The summed E-state index contributed by atoms with van der Waals surface area (Å²) >= 11 is 0. The predicted octanol–water partition coefficient (Wildman–Crippen LogP) is 8.47. The second-order valence-electron chi connectivity index (χ2n) is 10.0. The van der Waals surface area contributed by atoms with Gasteiger partial charge in [0.05, 0.1) is 18.3 Å². The first-order valence-corrected chi connectivity index (χ1v) is 14.4. The number of unbranched alkanes of at least 4 members (excludes halogenated alkanes) is 6. The second kappa shape index (κ2) is 16.7.